The van der Waals surface area contributed by atoms with E-state index in [-0.39, 0.29) is 53.5 Å². The van der Waals surface area contributed by atoms with Gasteiger partial charge >= 0.3 is 12.2 Å². The number of rotatable bonds is 8. The lowest BCUT2D eigenvalue weighted by atomic mass is 10.0. The molecule has 10 nitrogen and oxygen atoms in total. The molecule has 0 bridgehead atoms. The second kappa shape index (κ2) is 13.4. The predicted molar refractivity (Wildman–Crippen MR) is 160 cm³/mol. The molecule has 44 heavy (non-hydrogen) atoms. The average molecular weight is 655 g/mol. The summed E-state index contributed by atoms with van der Waals surface area (Å²) in [4.78, 5) is 29.2. The Morgan fingerprint density at radius 1 is 1.18 bits per heavy atom. The minimum atomic E-state index is -4.50. The molecule has 0 spiro atoms. The highest BCUT2D eigenvalue weighted by Gasteiger charge is 2.33. The minimum Gasteiger partial charge on any atom is -0.488 e. The molecule has 1 aromatic heterocycles. The molecule has 3 atom stereocenters. The summed E-state index contributed by atoms with van der Waals surface area (Å²) in [5.74, 6) is -0.308. The zero-order chi connectivity index (χ0) is 32.2. The molecule has 3 amide bonds. The maximum Gasteiger partial charge on any atom is 0.416 e. The monoisotopic (exact) mass is 654 g/mol. The quantitative estimate of drug-likeness (QED) is 0.318. The number of hydrogen-bond acceptors (Lipinski definition) is 7. The summed E-state index contributed by atoms with van der Waals surface area (Å²) in [7, 11) is -2.35. The standard InChI is InChI=1S/C29H33F3N4O6S2/c1-18-15-36(19(2)17-37)26(38)14-20-13-23(34-44(40,41)27-5-4-12-43-27)10-11-24(20)42-25(18)16-35(3)28(39)33-22-8-6-21(7-9-22)29(30,31)32/h4-13,18-19,25,34,37H,14-17H2,1-3H3,(H,33,39)/t18-,19-,25-/m0/s1. The number of carbonyl (C=O) groups excluding carboxylic acids is 2. The van der Waals surface area contributed by atoms with Gasteiger partial charge in [-0.25, -0.2) is 13.2 Å². The number of halogens is 3. The molecule has 0 radical (unpaired) electrons. The van der Waals surface area contributed by atoms with Crippen LogP contribution in [0.2, 0.25) is 0 Å². The van der Waals surface area contributed by atoms with Gasteiger partial charge in [0, 0.05) is 36.4 Å². The molecule has 15 heteroatoms. The fourth-order valence-corrected chi connectivity index (χ4v) is 6.69. The number of hydrogen-bond donors (Lipinski definition) is 3. The number of benzene rings is 2. The topological polar surface area (TPSA) is 128 Å². The van der Waals surface area contributed by atoms with Crippen molar-refractivity contribution >= 4 is 44.7 Å². The van der Waals surface area contributed by atoms with E-state index in [1.807, 2.05) is 6.92 Å². The molecule has 238 valence electrons. The van der Waals surface area contributed by atoms with Crippen LogP contribution in [0.25, 0.3) is 0 Å². The highest BCUT2D eigenvalue weighted by atomic mass is 32.2. The van der Waals surface area contributed by atoms with Crippen molar-refractivity contribution in [2.75, 3.05) is 36.8 Å². The van der Waals surface area contributed by atoms with Crippen molar-refractivity contribution in [1.29, 1.82) is 0 Å². The highest BCUT2D eigenvalue weighted by Crippen LogP contribution is 2.32. The third kappa shape index (κ3) is 8.01. The second-order valence-corrected chi connectivity index (χ2v) is 13.5. The molecule has 2 aromatic carbocycles. The molecule has 1 aliphatic heterocycles. The third-order valence-corrected chi connectivity index (χ3v) is 9.97. The first-order chi connectivity index (χ1) is 20.7. The van der Waals surface area contributed by atoms with Crippen LogP contribution in [0.4, 0.5) is 29.3 Å². The van der Waals surface area contributed by atoms with Crippen molar-refractivity contribution in [3.63, 3.8) is 0 Å². The summed E-state index contributed by atoms with van der Waals surface area (Å²) in [6.45, 7) is 3.49. The Bertz CT molecular complexity index is 1570. The van der Waals surface area contributed by atoms with Gasteiger partial charge in [0.2, 0.25) is 5.91 Å². The Hall–Kier alpha value is -3.82. The van der Waals surface area contributed by atoms with Crippen molar-refractivity contribution in [1.82, 2.24) is 9.80 Å². The SMILES string of the molecule is C[C@H]1CN([C@@H](C)CO)C(=O)Cc2cc(NS(=O)(=O)c3cccs3)ccc2O[C@H]1CN(C)C(=O)Nc1ccc(C(F)(F)F)cc1. The van der Waals surface area contributed by atoms with E-state index in [1.165, 1.54) is 35.0 Å². The molecule has 4 rings (SSSR count). The Labute approximate surface area is 257 Å². The molecular weight excluding hydrogens is 621 g/mol. The number of amides is 3. The number of anilines is 2. The van der Waals surface area contributed by atoms with E-state index in [9.17, 15) is 36.3 Å². The molecule has 1 aliphatic rings. The van der Waals surface area contributed by atoms with Gasteiger partial charge in [-0.05, 0) is 60.8 Å². The van der Waals surface area contributed by atoms with Crippen molar-refractivity contribution in [3.05, 3.63) is 71.1 Å². The van der Waals surface area contributed by atoms with Gasteiger partial charge in [-0.15, -0.1) is 11.3 Å². The van der Waals surface area contributed by atoms with Crippen LogP contribution in [0.1, 0.15) is 25.0 Å². The highest BCUT2D eigenvalue weighted by molar-refractivity contribution is 7.94. The van der Waals surface area contributed by atoms with Gasteiger partial charge in [-0.2, -0.15) is 13.2 Å². The third-order valence-electron chi connectivity index (χ3n) is 7.19. The number of ether oxygens (including phenoxy) is 1. The number of sulfonamides is 1. The lowest BCUT2D eigenvalue weighted by molar-refractivity contribution is -0.137. The fraction of sp³-hybridized carbons (Fsp3) is 0.379. The van der Waals surface area contributed by atoms with Crippen LogP contribution in [0.5, 0.6) is 5.75 Å². The molecule has 0 saturated heterocycles. The largest absolute Gasteiger partial charge is 0.488 e. The Morgan fingerprint density at radius 2 is 1.86 bits per heavy atom. The van der Waals surface area contributed by atoms with Crippen molar-refractivity contribution < 1.29 is 41.0 Å². The number of thiophene rings is 1. The Kier molecular flexibility index (Phi) is 10.1. The van der Waals surface area contributed by atoms with Crippen molar-refractivity contribution in [2.24, 2.45) is 5.92 Å². The first kappa shape index (κ1) is 33.1. The summed E-state index contributed by atoms with van der Waals surface area (Å²) < 4.78 is 73.3. The number of fused-ring (bicyclic) bond motifs is 1. The molecule has 3 N–H and O–H groups in total. The maximum atomic E-state index is 13.4. The van der Waals surface area contributed by atoms with Gasteiger partial charge in [0.15, 0.2) is 0 Å². The number of nitrogens with one attached hydrogen (secondary N) is 2. The maximum absolute atomic E-state index is 13.4. The molecule has 3 aromatic rings. The lowest BCUT2D eigenvalue weighted by Gasteiger charge is -2.34. The fourth-order valence-electron chi connectivity index (χ4n) is 4.65. The number of aliphatic hydroxyl groups excluding tert-OH is 1. The summed E-state index contributed by atoms with van der Waals surface area (Å²) in [5, 5.41) is 14.1. The molecular formula is C29H33F3N4O6S2. The molecule has 0 aliphatic carbocycles. The normalized spacial score (nSPS) is 18.2. The molecule has 0 saturated carbocycles. The Balaban J connectivity index is 1.58. The van der Waals surface area contributed by atoms with Gasteiger partial charge in [0.25, 0.3) is 10.0 Å². The van der Waals surface area contributed by atoms with E-state index in [4.69, 9.17) is 4.74 Å². The first-order valence-corrected chi connectivity index (χ1v) is 16.0. The van der Waals surface area contributed by atoms with Crippen LogP contribution in [-0.4, -0.2) is 74.2 Å². The minimum absolute atomic E-state index is 0.0371. The summed E-state index contributed by atoms with van der Waals surface area (Å²) in [5.41, 5.74) is -0.0246. The van der Waals surface area contributed by atoms with Gasteiger partial charge in [0.1, 0.15) is 16.1 Å². The number of nitrogens with zero attached hydrogens (tertiary/aromatic N) is 2. The molecule has 2 heterocycles. The molecule has 0 unspecified atom stereocenters. The number of alkyl halides is 3. The lowest BCUT2D eigenvalue weighted by Crippen LogP contribution is -2.48. The van der Waals surface area contributed by atoms with Crippen LogP contribution in [0.3, 0.4) is 0 Å². The number of likely N-dealkylation sites (N-methyl/N-ethyl adjacent to an activating group) is 1. The predicted octanol–water partition coefficient (Wildman–Crippen LogP) is 4.88. The van der Waals surface area contributed by atoms with E-state index in [1.54, 1.807) is 24.4 Å². The van der Waals surface area contributed by atoms with Crippen LogP contribution in [0.15, 0.2) is 64.2 Å². The van der Waals surface area contributed by atoms with Crippen molar-refractivity contribution in [2.45, 2.75) is 42.8 Å². The summed E-state index contributed by atoms with van der Waals surface area (Å²) in [6, 6.07) is 10.7. The number of carbonyl (C=O) groups is 2. The van der Waals surface area contributed by atoms with Gasteiger partial charge in [0.05, 0.1) is 31.2 Å². The Morgan fingerprint density at radius 3 is 2.48 bits per heavy atom. The number of aliphatic hydroxyl groups is 1. The smallest absolute Gasteiger partial charge is 0.416 e. The zero-order valence-electron chi connectivity index (χ0n) is 24.2. The summed E-state index contributed by atoms with van der Waals surface area (Å²) in [6.07, 6.45) is -5.29. The zero-order valence-corrected chi connectivity index (χ0v) is 25.8. The van der Waals surface area contributed by atoms with Crippen LogP contribution in [-0.2, 0) is 27.4 Å². The van der Waals surface area contributed by atoms with E-state index < -0.39 is 39.9 Å². The second-order valence-electron chi connectivity index (χ2n) is 10.6. The first-order valence-electron chi connectivity index (χ1n) is 13.6. The van der Waals surface area contributed by atoms with E-state index in [2.05, 4.69) is 10.0 Å². The molecule has 0 fully saturated rings. The van der Waals surface area contributed by atoms with Crippen LogP contribution < -0.4 is 14.8 Å². The van der Waals surface area contributed by atoms with Gasteiger partial charge in [-0.1, -0.05) is 13.0 Å². The van der Waals surface area contributed by atoms with E-state index in [0.29, 0.717) is 11.3 Å². The van der Waals surface area contributed by atoms with Crippen molar-refractivity contribution in [3.8, 4) is 5.75 Å². The van der Waals surface area contributed by atoms with Gasteiger partial charge in [-0.3, -0.25) is 9.52 Å². The summed E-state index contributed by atoms with van der Waals surface area (Å²) >= 11 is 1.06. The van der Waals surface area contributed by atoms with Crippen LogP contribution in [0, 0.1) is 5.92 Å². The number of urea groups is 1. The average Bonchev–Trinajstić information content (AvgIpc) is 3.52. The van der Waals surface area contributed by atoms with E-state index in [0.717, 1.165) is 35.6 Å². The van der Waals surface area contributed by atoms with Gasteiger partial charge < -0.3 is 25.0 Å². The van der Waals surface area contributed by atoms with Crippen LogP contribution >= 0.6 is 11.3 Å². The van der Waals surface area contributed by atoms with E-state index >= 15 is 0 Å².